The molecule has 0 spiro atoms. The average molecular weight is 321 g/mol. The van der Waals surface area contributed by atoms with E-state index in [0.717, 1.165) is 4.90 Å². The highest BCUT2D eigenvalue weighted by molar-refractivity contribution is 6.29. The molecule has 2 aromatic rings. The van der Waals surface area contributed by atoms with E-state index in [1.165, 1.54) is 19.1 Å². The SMILES string of the molecule is CC(=O)c1ccc(N2C(=O)C/C(=C/c3ccccc3O)C2=O)cc1. The number of carbonyl (C=O) groups is 3. The number of hydrogen-bond donors (Lipinski definition) is 1. The first-order chi connectivity index (χ1) is 11.5. The second-order valence-electron chi connectivity index (χ2n) is 5.54. The van der Waals surface area contributed by atoms with E-state index in [2.05, 4.69) is 0 Å². The van der Waals surface area contributed by atoms with Crippen molar-refractivity contribution in [2.45, 2.75) is 13.3 Å². The van der Waals surface area contributed by atoms with Crippen molar-refractivity contribution >= 4 is 29.4 Å². The lowest BCUT2D eigenvalue weighted by Gasteiger charge is -2.13. The first kappa shape index (κ1) is 15.7. The van der Waals surface area contributed by atoms with Gasteiger partial charge >= 0.3 is 0 Å². The molecule has 2 amide bonds. The zero-order valence-corrected chi connectivity index (χ0v) is 13.0. The third-order valence-electron chi connectivity index (χ3n) is 3.87. The van der Waals surface area contributed by atoms with Gasteiger partial charge in [-0.15, -0.1) is 0 Å². The second kappa shape index (κ2) is 6.12. The fourth-order valence-corrected chi connectivity index (χ4v) is 2.59. The molecule has 0 unspecified atom stereocenters. The Morgan fingerprint density at radius 2 is 1.75 bits per heavy atom. The number of imide groups is 1. The molecule has 5 heteroatoms. The monoisotopic (exact) mass is 321 g/mol. The third kappa shape index (κ3) is 2.84. The summed E-state index contributed by atoms with van der Waals surface area (Å²) >= 11 is 0. The minimum absolute atomic E-state index is 0.0262. The van der Waals surface area contributed by atoms with Gasteiger partial charge in [-0.3, -0.25) is 14.4 Å². The van der Waals surface area contributed by atoms with Crippen molar-refractivity contribution in [2.75, 3.05) is 4.90 Å². The Morgan fingerprint density at radius 3 is 2.38 bits per heavy atom. The summed E-state index contributed by atoms with van der Waals surface area (Å²) in [6.07, 6.45) is 1.50. The van der Waals surface area contributed by atoms with Crippen molar-refractivity contribution in [3.8, 4) is 5.75 Å². The van der Waals surface area contributed by atoms with Gasteiger partial charge in [-0.25, -0.2) is 4.90 Å². The van der Waals surface area contributed by atoms with Crippen LogP contribution in [0.1, 0.15) is 29.3 Å². The van der Waals surface area contributed by atoms with Crippen LogP contribution in [0.15, 0.2) is 54.1 Å². The van der Waals surface area contributed by atoms with Crippen molar-refractivity contribution < 1.29 is 19.5 Å². The van der Waals surface area contributed by atoms with Crippen LogP contribution >= 0.6 is 0 Å². The topological polar surface area (TPSA) is 74.7 Å². The Kier molecular flexibility index (Phi) is 4.00. The van der Waals surface area contributed by atoms with Crippen LogP contribution in [0.5, 0.6) is 5.75 Å². The van der Waals surface area contributed by atoms with Gasteiger partial charge in [-0.2, -0.15) is 0 Å². The number of nitrogens with zero attached hydrogens (tertiary/aromatic N) is 1. The van der Waals surface area contributed by atoms with Crippen molar-refractivity contribution in [3.63, 3.8) is 0 Å². The maximum atomic E-state index is 12.5. The van der Waals surface area contributed by atoms with Crippen LogP contribution in [0.25, 0.3) is 6.08 Å². The molecule has 0 aliphatic carbocycles. The first-order valence-electron chi connectivity index (χ1n) is 7.44. The van der Waals surface area contributed by atoms with Gasteiger partial charge in [0.1, 0.15) is 5.75 Å². The van der Waals surface area contributed by atoms with Gasteiger partial charge in [0, 0.05) is 16.7 Å². The summed E-state index contributed by atoms with van der Waals surface area (Å²) < 4.78 is 0. The Hall–Kier alpha value is -3.21. The van der Waals surface area contributed by atoms with Gasteiger partial charge in [-0.05, 0) is 43.3 Å². The number of carbonyl (C=O) groups excluding carboxylic acids is 3. The smallest absolute Gasteiger partial charge is 0.261 e. The minimum Gasteiger partial charge on any atom is -0.507 e. The van der Waals surface area contributed by atoms with E-state index in [1.54, 1.807) is 42.5 Å². The maximum Gasteiger partial charge on any atom is 0.261 e. The van der Waals surface area contributed by atoms with Crippen molar-refractivity contribution in [3.05, 3.63) is 65.2 Å². The standard InChI is InChI=1S/C19H15NO4/c1-12(21)13-6-8-16(9-7-13)20-18(23)11-15(19(20)24)10-14-4-2-3-5-17(14)22/h2-10,22H,11H2,1H3/b15-10-. The number of hydrogen-bond acceptors (Lipinski definition) is 4. The molecular formula is C19H15NO4. The van der Waals surface area contributed by atoms with E-state index in [1.807, 2.05) is 0 Å². The summed E-state index contributed by atoms with van der Waals surface area (Å²) in [4.78, 5) is 37.2. The summed E-state index contributed by atoms with van der Waals surface area (Å²) in [5.41, 5.74) is 1.75. The molecule has 0 radical (unpaired) electrons. The highest BCUT2D eigenvalue weighted by Gasteiger charge is 2.35. The van der Waals surface area contributed by atoms with Crippen molar-refractivity contribution in [2.24, 2.45) is 0 Å². The number of phenols is 1. The highest BCUT2D eigenvalue weighted by atomic mass is 16.3. The largest absolute Gasteiger partial charge is 0.507 e. The molecule has 1 aliphatic rings. The first-order valence-corrected chi connectivity index (χ1v) is 7.44. The molecule has 0 atom stereocenters. The lowest BCUT2D eigenvalue weighted by molar-refractivity contribution is -0.120. The normalized spacial score (nSPS) is 16.0. The molecule has 1 fully saturated rings. The molecule has 1 saturated heterocycles. The average Bonchev–Trinajstić information content (AvgIpc) is 2.84. The molecule has 3 rings (SSSR count). The van der Waals surface area contributed by atoms with Crippen LogP contribution < -0.4 is 4.90 Å². The van der Waals surface area contributed by atoms with Crippen LogP contribution in [-0.4, -0.2) is 22.7 Å². The zero-order chi connectivity index (χ0) is 17.3. The molecule has 120 valence electrons. The van der Waals surface area contributed by atoms with Gasteiger partial charge in [-0.1, -0.05) is 18.2 Å². The number of ketones is 1. The number of amides is 2. The molecule has 24 heavy (non-hydrogen) atoms. The van der Waals surface area contributed by atoms with Crippen LogP contribution in [0.4, 0.5) is 5.69 Å². The van der Waals surface area contributed by atoms with E-state index in [0.29, 0.717) is 22.4 Å². The molecular weight excluding hydrogens is 306 g/mol. The number of aromatic hydroxyl groups is 1. The molecule has 0 bridgehead atoms. The van der Waals surface area contributed by atoms with Gasteiger partial charge in [0.25, 0.3) is 5.91 Å². The van der Waals surface area contributed by atoms with Gasteiger partial charge in [0.2, 0.25) is 5.91 Å². The van der Waals surface area contributed by atoms with Crippen LogP contribution in [0, 0.1) is 0 Å². The molecule has 5 nitrogen and oxygen atoms in total. The predicted molar refractivity (Wildman–Crippen MR) is 89.6 cm³/mol. The fraction of sp³-hybridized carbons (Fsp3) is 0.105. The van der Waals surface area contributed by atoms with E-state index in [-0.39, 0.29) is 23.9 Å². The lowest BCUT2D eigenvalue weighted by Crippen LogP contribution is -2.28. The molecule has 1 N–H and O–H groups in total. The second-order valence-corrected chi connectivity index (χ2v) is 5.54. The quantitative estimate of drug-likeness (QED) is 0.536. The van der Waals surface area contributed by atoms with E-state index >= 15 is 0 Å². The van der Waals surface area contributed by atoms with Gasteiger partial charge in [0.05, 0.1) is 12.1 Å². The van der Waals surface area contributed by atoms with Crippen molar-refractivity contribution in [1.82, 2.24) is 0 Å². The van der Waals surface area contributed by atoms with Crippen molar-refractivity contribution in [1.29, 1.82) is 0 Å². The maximum absolute atomic E-state index is 12.5. The summed E-state index contributed by atoms with van der Waals surface area (Å²) in [6, 6.07) is 12.9. The minimum atomic E-state index is -0.418. The number of phenolic OH excluding ortho intramolecular Hbond substituents is 1. The number of benzene rings is 2. The number of para-hydroxylation sites is 1. The molecule has 0 aromatic heterocycles. The van der Waals surface area contributed by atoms with Crippen LogP contribution in [0.3, 0.4) is 0 Å². The van der Waals surface area contributed by atoms with Gasteiger partial charge < -0.3 is 5.11 Å². The lowest BCUT2D eigenvalue weighted by atomic mass is 10.1. The molecule has 1 heterocycles. The Bertz CT molecular complexity index is 865. The van der Waals surface area contributed by atoms with Crippen LogP contribution in [0.2, 0.25) is 0 Å². The van der Waals surface area contributed by atoms with E-state index in [9.17, 15) is 19.5 Å². The molecule has 2 aromatic carbocycles. The predicted octanol–water partition coefficient (Wildman–Crippen LogP) is 2.94. The van der Waals surface area contributed by atoms with Gasteiger partial charge in [0.15, 0.2) is 5.78 Å². The third-order valence-corrected chi connectivity index (χ3v) is 3.87. The summed E-state index contributed by atoms with van der Waals surface area (Å²) in [5, 5.41) is 9.80. The van der Waals surface area contributed by atoms with Crippen LogP contribution in [-0.2, 0) is 9.59 Å². The molecule has 1 aliphatic heterocycles. The number of rotatable bonds is 3. The molecule has 0 saturated carbocycles. The van der Waals surface area contributed by atoms with E-state index in [4.69, 9.17) is 0 Å². The summed E-state index contributed by atoms with van der Waals surface area (Å²) in [6.45, 7) is 1.45. The highest BCUT2D eigenvalue weighted by Crippen LogP contribution is 2.29. The zero-order valence-electron chi connectivity index (χ0n) is 13.0. The number of anilines is 1. The Balaban J connectivity index is 1.92. The number of Topliss-reactive ketones (excluding diaryl/α,β-unsaturated/α-hetero) is 1. The van der Waals surface area contributed by atoms with E-state index < -0.39 is 5.91 Å². The summed E-state index contributed by atoms with van der Waals surface area (Å²) in [7, 11) is 0. The Labute approximate surface area is 138 Å². The Morgan fingerprint density at radius 1 is 1.08 bits per heavy atom. The summed E-state index contributed by atoms with van der Waals surface area (Å²) in [5.74, 6) is -0.786. The fourth-order valence-electron chi connectivity index (χ4n) is 2.59.